The van der Waals surface area contributed by atoms with Gasteiger partial charge in [-0.15, -0.1) is 11.3 Å². The number of ether oxygens (including phenoxy) is 1. The first kappa shape index (κ1) is 12.8. The molecule has 18 heavy (non-hydrogen) atoms. The first-order valence-corrected chi connectivity index (χ1v) is 6.57. The van der Waals surface area contributed by atoms with E-state index in [-0.39, 0.29) is 12.4 Å². The molecule has 2 aromatic rings. The summed E-state index contributed by atoms with van der Waals surface area (Å²) in [6.45, 7) is 4.17. The van der Waals surface area contributed by atoms with Crippen LogP contribution < -0.4 is 0 Å². The number of hydrogen-bond acceptors (Lipinski definition) is 4. The second-order valence-electron chi connectivity index (χ2n) is 4.14. The molecule has 94 valence electrons. The molecule has 0 N–H and O–H groups in total. The molecule has 2 rings (SSSR count). The number of benzene rings is 1. The SMILES string of the molecule is COC(=O)Cc1csc(-c2cccc(C)c2C)n1. The van der Waals surface area contributed by atoms with E-state index in [1.165, 1.54) is 18.2 Å². The summed E-state index contributed by atoms with van der Waals surface area (Å²) in [5.74, 6) is -0.257. The van der Waals surface area contributed by atoms with Gasteiger partial charge in [-0.3, -0.25) is 4.79 Å². The van der Waals surface area contributed by atoms with Gasteiger partial charge < -0.3 is 4.74 Å². The Morgan fingerprint density at radius 1 is 1.39 bits per heavy atom. The van der Waals surface area contributed by atoms with Gasteiger partial charge in [-0.2, -0.15) is 0 Å². The summed E-state index contributed by atoms with van der Waals surface area (Å²) in [7, 11) is 1.39. The van der Waals surface area contributed by atoms with Crippen LogP contribution in [0.5, 0.6) is 0 Å². The van der Waals surface area contributed by atoms with E-state index in [9.17, 15) is 4.79 Å². The lowest BCUT2D eigenvalue weighted by atomic mass is 10.0. The molecule has 0 saturated carbocycles. The quantitative estimate of drug-likeness (QED) is 0.797. The number of hydrogen-bond donors (Lipinski definition) is 0. The van der Waals surface area contributed by atoms with Crippen molar-refractivity contribution >= 4 is 17.3 Å². The Labute approximate surface area is 110 Å². The normalized spacial score (nSPS) is 10.4. The molecule has 4 heteroatoms. The van der Waals surface area contributed by atoms with Crippen LogP contribution in [0.4, 0.5) is 0 Å². The minimum Gasteiger partial charge on any atom is -0.469 e. The van der Waals surface area contributed by atoms with Crippen molar-refractivity contribution in [1.82, 2.24) is 4.98 Å². The molecular weight excluding hydrogens is 246 g/mol. The zero-order chi connectivity index (χ0) is 13.1. The lowest BCUT2D eigenvalue weighted by molar-refractivity contribution is -0.139. The Morgan fingerprint density at radius 2 is 2.17 bits per heavy atom. The Morgan fingerprint density at radius 3 is 2.89 bits per heavy atom. The van der Waals surface area contributed by atoms with Gasteiger partial charge in [0.15, 0.2) is 0 Å². The number of nitrogens with zero attached hydrogens (tertiary/aromatic N) is 1. The number of esters is 1. The van der Waals surface area contributed by atoms with Gasteiger partial charge in [-0.1, -0.05) is 18.2 Å². The molecular formula is C14H15NO2S. The van der Waals surface area contributed by atoms with E-state index >= 15 is 0 Å². The van der Waals surface area contributed by atoms with Crippen molar-refractivity contribution in [3.63, 3.8) is 0 Å². The van der Waals surface area contributed by atoms with E-state index in [0.717, 1.165) is 16.3 Å². The summed E-state index contributed by atoms with van der Waals surface area (Å²) in [6.07, 6.45) is 0.234. The lowest BCUT2D eigenvalue weighted by Crippen LogP contribution is -2.04. The number of aromatic nitrogens is 1. The summed E-state index contributed by atoms with van der Waals surface area (Å²) in [4.78, 5) is 15.7. The summed E-state index contributed by atoms with van der Waals surface area (Å²) in [5, 5.41) is 2.86. The molecule has 0 bridgehead atoms. The third-order valence-corrected chi connectivity index (χ3v) is 3.86. The first-order valence-electron chi connectivity index (χ1n) is 5.69. The van der Waals surface area contributed by atoms with E-state index in [4.69, 9.17) is 0 Å². The Bertz CT molecular complexity index is 575. The Balaban J connectivity index is 2.29. The smallest absolute Gasteiger partial charge is 0.311 e. The van der Waals surface area contributed by atoms with Crippen LogP contribution >= 0.6 is 11.3 Å². The standard InChI is InChI=1S/C14H15NO2S/c1-9-5-4-6-12(10(9)2)14-15-11(8-18-14)7-13(16)17-3/h4-6,8H,7H2,1-3H3. The maximum Gasteiger partial charge on any atom is 0.311 e. The van der Waals surface area contributed by atoms with Crippen molar-refractivity contribution in [2.24, 2.45) is 0 Å². The minimum atomic E-state index is -0.257. The van der Waals surface area contributed by atoms with Gasteiger partial charge in [0.1, 0.15) is 5.01 Å². The maximum atomic E-state index is 11.2. The molecule has 0 aliphatic rings. The monoisotopic (exact) mass is 261 g/mol. The van der Waals surface area contributed by atoms with Gasteiger partial charge in [0, 0.05) is 10.9 Å². The first-order chi connectivity index (χ1) is 8.61. The third kappa shape index (κ3) is 2.59. The largest absolute Gasteiger partial charge is 0.469 e. The summed E-state index contributed by atoms with van der Waals surface area (Å²) in [6, 6.07) is 6.17. The molecule has 0 aliphatic carbocycles. The minimum absolute atomic E-state index is 0.234. The number of carbonyl (C=O) groups is 1. The van der Waals surface area contributed by atoms with E-state index in [2.05, 4.69) is 35.7 Å². The average Bonchev–Trinajstić information content (AvgIpc) is 2.80. The average molecular weight is 261 g/mol. The predicted octanol–water partition coefficient (Wildman–Crippen LogP) is 3.14. The third-order valence-electron chi connectivity index (χ3n) is 2.94. The van der Waals surface area contributed by atoms with Crippen LogP contribution in [-0.4, -0.2) is 18.1 Å². The molecule has 0 amide bonds. The second kappa shape index (κ2) is 5.31. The molecule has 1 heterocycles. The number of carbonyl (C=O) groups excluding carboxylic acids is 1. The number of thiazole rings is 1. The molecule has 0 radical (unpaired) electrons. The zero-order valence-corrected chi connectivity index (χ0v) is 11.5. The van der Waals surface area contributed by atoms with Gasteiger partial charge in [0.25, 0.3) is 0 Å². The van der Waals surface area contributed by atoms with E-state index in [1.54, 1.807) is 11.3 Å². The molecule has 0 fully saturated rings. The zero-order valence-electron chi connectivity index (χ0n) is 10.7. The van der Waals surface area contributed by atoms with Gasteiger partial charge in [0.2, 0.25) is 0 Å². The van der Waals surface area contributed by atoms with Crippen LogP contribution in [0.25, 0.3) is 10.6 Å². The highest BCUT2D eigenvalue weighted by Crippen LogP contribution is 2.28. The van der Waals surface area contributed by atoms with Crippen LogP contribution in [0.3, 0.4) is 0 Å². The molecule has 0 aliphatic heterocycles. The fourth-order valence-electron chi connectivity index (χ4n) is 1.71. The van der Waals surface area contributed by atoms with Gasteiger partial charge in [-0.25, -0.2) is 4.98 Å². The van der Waals surface area contributed by atoms with Gasteiger partial charge in [-0.05, 0) is 25.0 Å². The molecule has 1 aromatic carbocycles. The van der Waals surface area contributed by atoms with Gasteiger partial charge >= 0.3 is 5.97 Å². The summed E-state index contributed by atoms with van der Waals surface area (Å²) < 4.78 is 4.64. The van der Waals surface area contributed by atoms with Crippen molar-refractivity contribution in [2.75, 3.05) is 7.11 Å². The number of methoxy groups -OCH3 is 1. The summed E-state index contributed by atoms with van der Waals surface area (Å²) in [5.41, 5.74) is 4.38. The fraction of sp³-hybridized carbons (Fsp3) is 0.286. The number of rotatable bonds is 3. The summed E-state index contributed by atoms with van der Waals surface area (Å²) >= 11 is 1.56. The van der Waals surface area contributed by atoms with E-state index < -0.39 is 0 Å². The molecule has 0 atom stereocenters. The van der Waals surface area contributed by atoms with Crippen molar-refractivity contribution in [1.29, 1.82) is 0 Å². The van der Waals surface area contributed by atoms with E-state index in [1.807, 2.05) is 11.4 Å². The highest BCUT2D eigenvalue weighted by molar-refractivity contribution is 7.13. The van der Waals surface area contributed by atoms with Crippen LogP contribution in [0.1, 0.15) is 16.8 Å². The maximum absolute atomic E-state index is 11.2. The van der Waals surface area contributed by atoms with Crippen LogP contribution in [-0.2, 0) is 16.0 Å². The lowest BCUT2D eigenvalue weighted by Gasteiger charge is -2.04. The highest BCUT2D eigenvalue weighted by atomic mass is 32.1. The molecule has 0 spiro atoms. The fourth-order valence-corrected chi connectivity index (χ4v) is 2.62. The molecule has 3 nitrogen and oxygen atoms in total. The molecule has 0 saturated heterocycles. The van der Waals surface area contributed by atoms with Crippen molar-refractivity contribution < 1.29 is 9.53 Å². The van der Waals surface area contributed by atoms with Crippen LogP contribution in [0.15, 0.2) is 23.6 Å². The molecule has 0 unspecified atom stereocenters. The number of aryl methyl sites for hydroxylation is 1. The van der Waals surface area contributed by atoms with Crippen molar-refractivity contribution in [3.05, 3.63) is 40.4 Å². The predicted molar refractivity (Wildman–Crippen MR) is 72.7 cm³/mol. The van der Waals surface area contributed by atoms with Crippen LogP contribution in [0, 0.1) is 13.8 Å². The second-order valence-corrected chi connectivity index (χ2v) is 5.00. The van der Waals surface area contributed by atoms with Crippen LogP contribution in [0.2, 0.25) is 0 Å². The van der Waals surface area contributed by atoms with E-state index in [0.29, 0.717) is 0 Å². The highest BCUT2D eigenvalue weighted by Gasteiger charge is 2.11. The molecule has 1 aromatic heterocycles. The van der Waals surface area contributed by atoms with Crippen molar-refractivity contribution in [2.45, 2.75) is 20.3 Å². The Kier molecular flexibility index (Phi) is 3.77. The Hall–Kier alpha value is -1.68. The van der Waals surface area contributed by atoms with Crippen molar-refractivity contribution in [3.8, 4) is 10.6 Å². The van der Waals surface area contributed by atoms with Gasteiger partial charge in [0.05, 0.1) is 19.2 Å². The topological polar surface area (TPSA) is 39.2 Å².